The lowest BCUT2D eigenvalue weighted by atomic mass is 9.97. The minimum Gasteiger partial charge on any atom is -0.343 e. The van der Waals surface area contributed by atoms with Crippen LogP contribution < -0.4 is 4.90 Å². The van der Waals surface area contributed by atoms with Gasteiger partial charge >= 0.3 is 12.4 Å². The van der Waals surface area contributed by atoms with Gasteiger partial charge in [0.25, 0.3) is 0 Å². The summed E-state index contributed by atoms with van der Waals surface area (Å²) in [7, 11) is 1.86. The van der Waals surface area contributed by atoms with Crippen LogP contribution >= 0.6 is 0 Å². The van der Waals surface area contributed by atoms with E-state index in [0.717, 1.165) is 17.5 Å². The van der Waals surface area contributed by atoms with Crippen molar-refractivity contribution in [2.24, 2.45) is 13.0 Å². The number of pyridine rings is 2. The summed E-state index contributed by atoms with van der Waals surface area (Å²) >= 11 is 0. The molecular weight excluding hydrogens is 488 g/mol. The Balaban J connectivity index is 1.47. The van der Waals surface area contributed by atoms with E-state index in [-0.39, 0.29) is 23.8 Å². The van der Waals surface area contributed by atoms with Gasteiger partial charge in [0.15, 0.2) is 5.82 Å². The molecule has 7 nitrogen and oxygen atoms in total. The molecule has 188 valence electrons. The third-order valence-electron chi connectivity index (χ3n) is 7.09. The molecule has 36 heavy (non-hydrogen) atoms. The Labute approximate surface area is 200 Å². The van der Waals surface area contributed by atoms with E-state index < -0.39 is 29.7 Å². The number of nitrogens with zero attached hydrogens (tertiary/aromatic N) is 7. The SMILES string of the molecule is Cn1ccc2cc(-n3cnnc3[C@@H]3[C@H]4CC[C@H](C4)N3c3cc(C(F)(F)F)cc(C(F)(F)F)n3)cnc21. The van der Waals surface area contributed by atoms with Crippen LogP contribution in [0.5, 0.6) is 0 Å². The third kappa shape index (κ3) is 3.59. The minimum atomic E-state index is -5.03. The van der Waals surface area contributed by atoms with Crippen molar-refractivity contribution in [1.29, 1.82) is 0 Å². The minimum absolute atomic E-state index is 0.0166. The highest BCUT2D eigenvalue weighted by Gasteiger charge is 2.50. The first kappa shape index (κ1) is 22.8. The van der Waals surface area contributed by atoms with E-state index in [1.54, 1.807) is 15.7 Å². The molecule has 4 aromatic heterocycles. The van der Waals surface area contributed by atoms with E-state index in [1.807, 2.05) is 29.9 Å². The van der Waals surface area contributed by atoms with E-state index in [2.05, 4.69) is 20.2 Å². The van der Waals surface area contributed by atoms with Crippen molar-refractivity contribution in [2.75, 3.05) is 4.90 Å². The molecular formula is C23H19F6N7. The Morgan fingerprint density at radius 2 is 1.81 bits per heavy atom. The number of rotatable bonds is 3. The number of aryl methyl sites for hydroxylation is 1. The van der Waals surface area contributed by atoms with Crippen LogP contribution in [-0.2, 0) is 19.4 Å². The first-order chi connectivity index (χ1) is 17.0. The van der Waals surface area contributed by atoms with E-state index in [1.165, 1.54) is 6.33 Å². The van der Waals surface area contributed by atoms with Crippen LogP contribution in [0.4, 0.5) is 32.2 Å². The van der Waals surface area contributed by atoms with Crippen LogP contribution in [0.1, 0.15) is 42.4 Å². The maximum atomic E-state index is 13.5. The van der Waals surface area contributed by atoms with Gasteiger partial charge in [-0.25, -0.2) is 9.97 Å². The van der Waals surface area contributed by atoms with E-state index in [0.29, 0.717) is 30.4 Å². The number of fused-ring (bicyclic) bond motifs is 3. The van der Waals surface area contributed by atoms with Gasteiger partial charge < -0.3 is 9.47 Å². The van der Waals surface area contributed by atoms with Gasteiger partial charge in [0.1, 0.15) is 23.5 Å². The topological polar surface area (TPSA) is 64.7 Å². The molecule has 0 N–H and O–H groups in total. The predicted octanol–water partition coefficient (Wildman–Crippen LogP) is 5.32. The largest absolute Gasteiger partial charge is 0.433 e. The van der Waals surface area contributed by atoms with Crippen LogP contribution in [-0.4, -0.2) is 35.3 Å². The molecule has 2 aliphatic rings. The zero-order chi connectivity index (χ0) is 25.4. The number of alkyl halides is 6. The first-order valence-corrected chi connectivity index (χ1v) is 11.3. The molecule has 0 spiro atoms. The fourth-order valence-corrected chi connectivity index (χ4v) is 5.53. The van der Waals surface area contributed by atoms with Gasteiger partial charge in [-0.1, -0.05) is 0 Å². The van der Waals surface area contributed by atoms with Gasteiger partial charge in [-0.3, -0.25) is 4.57 Å². The Morgan fingerprint density at radius 1 is 1.00 bits per heavy atom. The Kier molecular flexibility index (Phi) is 4.86. The highest BCUT2D eigenvalue weighted by molar-refractivity contribution is 5.78. The number of halogens is 6. The molecule has 1 aliphatic heterocycles. The fourth-order valence-electron chi connectivity index (χ4n) is 5.53. The van der Waals surface area contributed by atoms with E-state index >= 15 is 0 Å². The maximum absolute atomic E-state index is 13.5. The van der Waals surface area contributed by atoms with Crippen molar-refractivity contribution in [1.82, 2.24) is 29.3 Å². The van der Waals surface area contributed by atoms with Gasteiger partial charge in [0.05, 0.1) is 23.5 Å². The molecule has 2 bridgehead atoms. The standard InChI is InChI=1S/C23H19F6N7/c1-34-5-4-13-7-16(10-30-20(13)34)35-11-31-33-21(35)19-12-2-3-15(6-12)36(19)18-9-14(22(24,25)26)8-17(32-18)23(27,28)29/h4-5,7-12,15,19H,2-3,6H2,1H3/t12-,15+,19-/m0/s1. The van der Waals surface area contributed by atoms with Crippen molar-refractivity contribution in [3.05, 3.63) is 60.1 Å². The zero-order valence-corrected chi connectivity index (χ0v) is 18.8. The quantitative estimate of drug-likeness (QED) is 0.352. The predicted molar refractivity (Wildman–Crippen MR) is 116 cm³/mol. The summed E-state index contributed by atoms with van der Waals surface area (Å²) < 4.78 is 84.7. The Hall–Kier alpha value is -3.64. The summed E-state index contributed by atoms with van der Waals surface area (Å²) in [5.41, 5.74) is -1.55. The second kappa shape index (κ2) is 7.68. The summed E-state index contributed by atoms with van der Waals surface area (Å²) in [4.78, 5) is 9.69. The van der Waals surface area contributed by atoms with Crippen molar-refractivity contribution in [3.63, 3.8) is 0 Å². The van der Waals surface area contributed by atoms with Gasteiger partial charge in [0.2, 0.25) is 0 Å². The molecule has 0 aromatic carbocycles. The van der Waals surface area contributed by atoms with Gasteiger partial charge in [-0.2, -0.15) is 26.3 Å². The molecule has 5 heterocycles. The van der Waals surface area contributed by atoms with Crippen molar-refractivity contribution < 1.29 is 26.3 Å². The molecule has 0 radical (unpaired) electrons. The van der Waals surface area contributed by atoms with Crippen molar-refractivity contribution >= 4 is 16.9 Å². The number of aromatic nitrogens is 6. The van der Waals surface area contributed by atoms with Gasteiger partial charge in [-0.05, 0) is 49.4 Å². The Bertz CT molecular complexity index is 1420. The highest BCUT2D eigenvalue weighted by Crippen LogP contribution is 2.52. The van der Waals surface area contributed by atoms with Crippen molar-refractivity contribution in [2.45, 2.75) is 43.7 Å². The number of anilines is 1. The molecule has 0 unspecified atom stereocenters. The van der Waals surface area contributed by atoms with E-state index in [9.17, 15) is 26.3 Å². The molecule has 4 aromatic rings. The smallest absolute Gasteiger partial charge is 0.343 e. The number of hydrogen-bond acceptors (Lipinski definition) is 5. The third-order valence-corrected chi connectivity index (χ3v) is 7.09. The zero-order valence-electron chi connectivity index (χ0n) is 18.8. The number of piperidine rings is 1. The number of hydrogen-bond donors (Lipinski definition) is 0. The Morgan fingerprint density at radius 3 is 2.56 bits per heavy atom. The molecule has 3 atom stereocenters. The van der Waals surface area contributed by atoms with Crippen molar-refractivity contribution in [3.8, 4) is 5.69 Å². The molecule has 1 aliphatic carbocycles. The van der Waals surface area contributed by atoms with Crippen LogP contribution in [0, 0.1) is 5.92 Å². The molecule has 13 heteroatoms. The fraction of sp³-hybridized carbons (Fsp3) is 0.391. The molecule has 6 rings (SSSR count). The summed E-state index contributed by atoms with van der Waals surface area (Å²) in [6.45, 7) is 0. The average Bonchev–Trinajstić information content (AvgIpc) is 3.61. The van der Waals surface area contributed by atoms with Crippen LogP contribution in [0.15, 0.2) is 43.0 Å². The summed E-state index contributed by atoms with van der Waals surface area (Å²) in [6, 6.07) is 3.69. The summed E-state index contributed by atoms with van der Waals surface area (Å²) in [6.07, 6.45) is -2.96. The highest BCUT2D eigenvalue weighted by atomic mass is 19.4. The molecule has 1 saturated carbocycles. The second-order valence-electron chi connectivity index (χ2n) is 9.27. The lowest BCUT2D eigenvalue weighted by molar-refractivity contribution is -0.145. The summed E-state index contributed by atoms with van der Waals surface area (Å²) in [5.74, 6) is 0.0460. The monoisotopic (exact) mass is 507 g/mol. The normalized spacial score (nSPS) is 22.2. The lowest BCUT2D eigenvalue weighted by Gasteiger charge is -2.36. The lowest BCUT2D eigenvalue weighted by Crippen LogP contribution is -2.37. The van der Waals surface area contributed by atoms with Crippen LogP contribution in [0.2, 0.25) is 0 Å². The maximum Gasteiger partial charge on any atom is 0.433 e. The first-order valence-electron chi connectivity index (χ1n) is 11.3. The molecule has 1 saturated heterocycles. The van der Waals surface area contributed by atoms with Gasteiger partial charge in [-0.15, -0.1) is 10.2 Å². The second-order valence-corrected chi connectivity index (χ2v) is 9.27. The van der Waals surface area contributed by atoms with Crippen LogP contribution in [0.25, 0.3) is 16.7 Å². The molecule has 0 amide bonds. The van der Waals surface area contributed by atoms with E-state index in [4.69, 9.17) is 0 Å². The van der Waals surface area contributed by atoms with Gasteiger partial charge in [0, 0.05) is 24.7 Å². The molecule has 2 fully saturated rings. The average molecular weight is 507 g/mol. The summed E-state index contributed by atoms with van der Waals surface area (Å²) in [5, 5.41) is 9.16. The van der Waals surface area contributed by atoms with Crippen LogP contribution in [0.3, 0.4) is 0 Å².